The first-order chi connectivity index (χ1) is 9.13. The van der Waals surface area contributed by atoms with E-state index in [1.54, 1.807) is 17.1 Å². The van der Waals surface area contributed by atoms with Gasteiger partial charge in [0, 0.05) is 17.2 Å². The Morgan fingerprint density at radius 2 is 2.21 bits per heavy atom. The van der Waals surface area contributed by atoms with Crippen LogP contribution >= 0.6 is 15.9 Å². The highest BCUT2D eigenvalue weighted by atomic mass is 79.9. The predicted octanol–water partition coefficient (Wildman–Crippen LogP) is 2.51. The molecule has 1 unspecified atom stereocenters. The summed E-state index contributed by atoms with van der Waals surface area (Å²) in [5.74, 6) is -0.362. The van der Waals surface area contributed by atoms with Crippen molar-refractivity contribution in [3.63, 3.8) is 0 Å². The van der Waals surface area contributed by atoms with E-state index in [1.807, 2.05) is 31.3 Å². The molecule has 2 rings (SSSR count). The summed E-state index contributed by atoms with van der Waals surface area (Å²) < 4.78 is 7.51. The molecule has 1 heterocycles. The maximum absolute atomic E-state index is 11.9. The van der Waals surface area contributed by atoms with E-state index in [0.29, 0.717) is 0 Å². The Bertz CT molecular complexity index is 583. The Balaban J connectivity index is 2.33. The van der Waals surface area contributed by atoms with Gasteiger partial charge in [-0.3, -0.25) is 0 Å². The third-order valence-electron chi connectivity index (χ3n) is 2.76. The number of halogens is 1. The molecule has 0 fully saturated rings. The number of hydrogen-bond acceptors (Lipinski definition) is 4. The van der Waals surface area contributed by atoms with Gasteiger partial charge in [0.1, 0.15) is 0 Å². The summed E-state index contributed by atoms with van der Waals surface area (Å²) >= 11 is 3.44. The molecule has 0 amide bonds. The highest BCUT2D eigenvalue weighted by Crippen LogP contribution is 2.26. The van der Waals surface area contributed by atoms with Crippen molar-refractivity contribution in [1.82, 2.24) is 9.55 Å². The van der Waals surface area contributed by atoms with E-state index in [9.17, 15) is 4.79 Å². The molecule has 6 heteroatoms. The fourth-order valence-electron chi connectivity index (χ4n) is 1.75. The summed E-state index contributed by atoms with van der Waals surface area (Å²) in [4.78, 5) is 16.0. The molecule has 0 radical (unpaired) electrons. The molecular weight excluding hydrogens is 310 g/mol. The van der Waals surface area contributed by atoms with Crippen LogP contribution in [-0.2, 0) is 16.6 Å². The zero-order chi connectivity index (χ0) is 13.8. The van der Waals surface area contributed by atoms with Gasteiger partial charge in [-0.1, -0.05) is 12.1 Å². The summed E-state index contributed by atoms with van der Waals surface area (Å²) in [6.07, 6.45) is 3.29. The number of methoxy groups -OCH3 is 1. The Morgan fingerprint density at radius 1 is 1.47 bits per heavy atom. The second-order valence-corrected chi connectivity index (χ2v) is 4.86. The van der Waals surface area contributed by atoms with E-state index < -0.39 is 6.04 Å². The Hall–Kier alpha value is -1.82. The highest BCUT2D eigenvalue weighted by Gasteiger charge is 2.24. The zero-order valence-corrected chi connectivity index (χ0v) is 12.2. The first-order valence-electron chi connectivity index (χ1n) is 5.68. The van der Waals surface area contributed by atoms with E-state index >= 15 is 0 Å². The van der Waals surface area contributed by atoms with Crippen LogP contribution < -0.4 is 5.32 Å². The number of hydrogen-bond donors (Lipinski definition) is 1. The number of rotatable bonds is 4. The second kappa shape index (κ2) is 5.88. The van der Waals surface area contributed by atoms with Gasteiger partial charge in [0.2, 0.25) is 0 Å². The van der Waals surface area contributed by atoms with Gasteiger partial charge in [0.25, 0.3) is 0 Å². The minimum Gasteiger partial charge on any atom is -0.467 e. The minimum absolute atomic E-state index is 0.362. The molecule has 0 aliphatic heterocycles. The molecule has 1 aromatic heterocycles. The molecule has 1 atom stereocenters. The molecule has 5 nitrogen and oxygen atoms in total. The largest absolute Gasteiger partial charge is 0.467 e. The molecular formula is C13H14BrN3O2. The molecule has 100 valence electrons. The SMILES string of the molecule is COC(=O)C(Nc1ccccc1Br)c1cncn1C. The van der Waals surface area contributed by atoms with Crippen LogP contribution in [0.25, 0.3) is 0 Å². The van der Waals surface area contributed by atoms with Gasteiger partial charge in [0.15, 0.2) is 6.04 Å². The van der Waals surface area contributed by atoms with Crippen molar-refractivity contribution in [2.75, 3.05) is 12.4 Å². The number of anilines is 1. The maximum atomic E-state index is 11.9. The smallest absolute Gasteiger partial charge is 0.334 e. The van der Waals surface area contributed by atoms with Crippen molar-refractivity contribution in [1.29, 1.82) is 0 Å². The van der Waals surface area contributed by atoms with E-state index in [2.05, 4.69) is 26.2 Å². The molecule has 1 aromatic carbocycles. The summed E-state index contributed by atoms with van der Waals surface area (Å²) in [6, 6.07) is 6.99. The number of nitrogens with one attached hydrogen (secondary N) is 1. The Morgan fingerprint density at radius 3 is 2.79 bits per heavy atom. The number of para-hydroxylation sites is 1. The Kier molecular flexibility index (Phi) is 4.21. The molecule has 0 spiro atoms. The summed E-state index contributed by atoms with van der Waals surface area (Å²) in [5, 5.41) is 3.16. The standard InChI is InChI=1S/C13H14BrN3O2/c1-17-8-15-7-11(17)12(13(18)19-2)16-10-6-4-3-5-9(10)14/h3-8,12,16H,1-2H3. The van der Waals surface area contributed by atoms with Gasteiger partial charge < -0.3 is 14.6 Å². The van der Waals surface area contributed by atoms with Crippen LogP contribution in [0.2, 0.25) is 0 Å². The third-order valence-corrected chi connectivity index (χ3v) is 3.45. The van der Waals surface area contributed by atoms with Crippen LogP contribution in [0, 0.1) is 0 Å². The monoisotopic (exact) mass is 323 g/mol. The van der Waals surface area contributed by atoms with Gasteiger partial charge in [-0.05, 0) is 28.1 Å². The molecule has 1 N–H and O–H groups in total. The van der Waals surface area contributed by atoms with Crippen molar-refractivity contribution in [3.8, 4) is 0 Å². The van der Waals surface area contributed by atoms with Crippen molar-refractivity contribution >= 4 is 27.6 Å². The van der Waals surface area contributed by atoms with Crippen molar-refractivity contribution in [2.45, 2.75) is 6.04 Å². The first kappa shape index (κ1) is 13.6. The predicted molar refractivity (Wildman–Crippen MR) is 75.7 cm³/mol. The van der Waals surface area contributed by atoms with Gasteiger partial charge in [-0.25, -0.2) is 9.78 Å². The molecule has 0 aliphatic carbocycles. The van der Waals surface area contributed by atoms with Crippen LogP contribution in [0.15, 0.2) is 41.3 Å². The van der Waals surface area contributed by atoms with E-state index in [4.69, 9.17) is 4.74 Å². The number of esters is 1. The van der Waals surface area contributed by atoms with Gasteiger partial charge in [-0.15, -0.1) is 0 Å². The average Bonchev–Trinajstić information content (AvgIpc) is 2.83. The normalized spacial score (nSPS) is 11.9. The van der Waals surface area contributed by atoms with Gasteiger partial charge in [-0.2, -0.15) is 0 Å². The van der Waals surface area contributed by atoms with Gasteiger partial charge >= 0.3 is 5.97 Å². The van der Waals surface area contributed by atoms with Crippen LogP contribution in [-0.4, -0.2) is 22.6 Å². The number of carbonyl (C=O) groups is 1. The van der Waals surface area contributed by atoms with Crippen LogP contribution in [0.4, 0.5) is 5.69 Å². The summed E-state index contributed by atoms with van der Waals surface area (Å²) in [6.45, 7) is 0. The van der Waals surface area contributed by atoms with Crippen LogP contribution in [0.5, 0.6) is 0 Å². The fraction of sp³-hybridized carbons (Fsp3) is 0.231. The molecule has 0 aliphatic rings. The quantitative estimate of drug-likeness (QED) is 0.878. The number of benzene rings is 1. The number of carbonyl (C=O) groups excluding carboxylic acids is 1. The number of aromatic nitrogens is 2. The van der Waals surface area contributed by atoms with E-state index in [1.165, 1.54) is 7.11 Å². The lowest BCUT2D eigenvalue weighted by molar-refractivity contribution is -0.141. The zero-order valence-electron chi connectivity index (χ0n) is 10.6. The van der Waals surface area contributed by atoms with E-state index in [0.717, 1.165) is 15.9 Å². The number of aryl methyl sites for hydroxylation is 1. The average molecular weight is 324 g/mol. The molecule has 19 heavy (non-hydrogen) atoms. The lowest BCUT2D eigenvalue weighted by Gasteiger charge is -2.18. The first-order valence-corrected chi connectivity index (χ1v) is 6.48. The minimum atomic E-state index is -0.601. The fourth-order valence-corrected chi connectivity index (χ4v) is 2.15. The van der Waals surface area contributed by atoms with Crippen molar-refractivity contribution in [2.24, 2.45) is 7.05 Å². The molecule has 0 saturated heterocycles. The van der Waals surface area contributed by atoms with Crippen molar-refractivity contribution < 1.29 is 9.53 Å². The summed E-state index contributed by atoms with van der Waals surface area (Å²) in [5.41, 5.74) is 1.56. The molecule has 0 saturated carbocycles. The second-order valence-electron chi connectivity index (χ2n) is 4.01. The number of imidazole rings is 1. The topological polar surface area (TPSA) is 56.1 Å². The summed E-state index contributed by atoms with van der Waals surface area (Å²) in [7, 11) is 3.20. The number of nitrogens with zero attached hydrogens (tertiary/aromatic N) is 2. The Labute approximate surface area is 119 Å². The highest BCUT2D eigenvalue weighted by molar-refractivity contribution is 9.10. The van der Waals surface area contributed by atoms with Gasteiger partial charge in [0.05, 0.1) is 25.3 Å². The van der Waals surface area contributed by atoms with Crippen molar-refractivity contribution in [3.05, 3.63) is 47.0 Å². The molecule has 0 bridgehead atoms. The van der Waals surface area contributed by atoms with E-state index in [-0.39, 0.29) is 5.97 Å². The number of ether oxygens (including phenoxy) is 1. The lowest BCUT2D eigenvalue weighted by Crippen LogP contribution is -2.24. The van der Waals surface area contributed by atoms with Crippen LogP contribution in [0.3, 0.4) is 0 Å². The lowest BCUT2D eigenvalue weighted by atomic mass is 10.2. The third kappa shape index (κ3) is 2.96. The molecule has 2 aromatic rings. The maximum Gasteiger partial charge on any atom is 0.334 e. The van der Waals surface area contributed by atoms with Crippen LogP contribution in [0.1, 0.15) is 11.7 Å².